The standard InChI is InChI=1S/C15H23N3O/c1-15(2)11-8-10(13(9-16)17(3)4)6-7-12(11)18(5)14(15)19/h6-8,13H,9,16H2,1-5H3. The van der Waals surface area contributed by atoms with Crippen molar-refractivity contribution < 1.29 is 4.79 Å². The maximum absolute atomic E-state index is 12.3. The van der Waals surface area contributed by atoms with Gasteiger partial charge in [-0.2, -0.15) is 0 Å². The molecule has 0 saturated carbocycles. The third-order valence-corrected chi connectivity index (χ3v) is 4.13. The van der Waals surface area contributed by atoms with E-state index >= 15 is 0 Å². The molecule has 0 radical (unpaired) electrons. The van der Waals surface area contributed by atoms with E-state index in [9.17, 15) is 4.79 Å². The smallest absolute Gasteiger partial charge is 0.236 e. The van der Waals surface area contributed by atoms with Crippen LogP contribution in [0.4, 0.5) is 5.69 Å². The Morgan fingerprint density at radius 3 is 2.53 bits per heavy atom. The highest BCUT2D eigenvalue weighted by atomic mass is 16.2. The van der Waals surface area contributed by atoms with Gasteiger partial charge in [0.2, 0.25) is 5.91 Å². The number of amides is 1. The molecule has 0 saturated heterocycles. The molecule has 4 nitrogen and oxygen atoms in total. The molecule has 0 aromatic heterocycles. The number of hydrogen-bond acceptors (Lipinski definition) is 3. The molecule has 104 valence electrons. The lowest BCUT2D eigenvalue weighted by Crippen LogP contribution is -2.33. The van der Waals surface area contributed by atoms with Crippen LogP contribution in [-0.4, -0.2) is 38.5 Å². The normalized spacial score (nSPS) is 18.9. The van der Waals surface area contributed by atoms with Crippen LogP contribution >= 0.6 is 0 Å². The Balaban J connectivity index is 2.51. The average Bonchev–Trinajstić information content (AvgIpc) is 2.52. The lowest BCUT2D eigenvalue weighted by molar-refractivity contribution is -0.121. The van der Waals surface area contributed by atoms with Gasteiger partial charge in [0.25, 0.3) is 0 Å². The predicted molar refractivity (Wildman–Crippen MR) is 78.4 cm³/mol. The molecule has 1 aliphatic heterocycles. The molecule has 2 rings (SSSR count). The zero-order valence-electron chi connectivity index (χ0n) is 12.4. The van der Waals surface area contributed by atoms with Crippen LogP contribution in [0.3, 0.4) is 0 Å². The monoisotopic (exact) mass is 261 g/mol. The molecule has 1 aliphatic rings. The molecular weight excluding hydrogens is 238 g/mol. The minimum absolute atomic E-state index is 0.147. The van der Waals surface area contributed by atoms with Crippen molar-refractivity contribution in [3.63, 3.8) is 0 Å². The number of nitrogens with two attached hydrogens (primary N) is 1. The lowest BCUT2D eigenvalue weighted by Gasteiger charge is -2.24. The summed E-state index contributed by atoms with van der Waals surface area (Å²) in [7, 11) is 5.88. The summed E-state index contributed by atoms with van der Waals surface area (Å²) in [4.78, 5) is 16.1. The van der Waals surface area contributed by atoms with Crippen molar-refractivity contribution in [2.24, 2.45) is 5.73 Å². The van der Waals surface area contributed by atoms with Gasteiger partial charge in [-0.1, -0.05) is 12.1 Å². The van der Waals surface area contributed by atoms with Gasteiger partial charge in [0.15, 0.2) is 0 Å². The number of carbonyl (C=O) groups excluding carboxylic acids is 1. The maximum atomic E-state index is 12.3. The van der Waals surface area contributed by atoms with Crippen LogP contribution in [0.25, 0.3) is 0 Å². The van der Waals surface area contributed by atoms with Crippen molar-refractivity contribution in [2.45, 2.75) is 25.3 Å². The van der Waals surface area contributed by atoms with E-state index < -0.39 is 5.41 Å². The summed E-state index contributed by atoms with van der Waals surface area (Å²) in [6, 6.07) is 6.42. The van der Waals surface area contributed by atoms with Gasteiger partial charge in [-0.05, 0) is 45.1 Å². The third kappa shape index (κ3) is 2.05. The first kappa shape index (κ1) is 14.0. The molecule has 2 N–H and O–H groups in total. The van der Waals surface area contributed by atoms with Crippen LogP contribution < -0.4 is 10.6 Å². The summed E-state index contributed by atoms with van der Waals surface area (Å²) in [5.41, 5.74) is 8.67. The van der Waals surface area contributed by atoms with Crippen LogP contribution in [0.2, 0.25) is 0 Å². The van der Waals surface area contributed by atoms with Gasteiger partial charge in [0.1, 0.15) is 0 Å². The van der Waals surface area contributed by atoms with Gasteiger partial charge in [-0.3, -0.25) is 4.79 Å². The van der Waals surface area contributed by atoms with Crippen LogP contribution in [0.5, 0.6) is 0 Å². The van der Waals surface area contributed by atoms with Crippen LogP contribution in [0.1, 0.15) is 31.0 Å². The minimum Gasteiger partial charge on any atom is -0.329 e. The second kappa shape index (κ2) is 4.62. The van der Waals surface area contributed by atoms with Gasteiger partial charge in [0, 0.05) is 25.3 Å². The van der Waals surface area contributed by atoms with E-state index in [0.717, 1.165) is 11.3 Å². The van der Waals surface area contributed by atoms with Crippen molar-refractivity contribution in [1.29, 1.82) is 0 Å². The molecule has 4 heteroatoms. The highest BCUT2D eigenvalue weighted by Crippen LogP contribution is 2.41. The fourth-order valence-electron chi connectivity index (χ4n) is 2.84. The third-order valence-electron chi connectivity index (χ3n) is 4.13. The quantitative estimate of drug-likeness (QED) is 0.897. The zero-order chi connectivity index (χ0) is 14.4. The summed E-state index contributed by atoms with van der Waals surface area (Å²) >= 11 is 0. The predicted octanol–water partition coefficient (Wildman–Crippen LogP) is 1.50. The Labute approximate surface area is 115 Å². The number of nitrogens with zero attached hydrogens (tertiary/aromatic N) is 2. The van der Waals surface area contributed by atoms with Gasteiger partial charge < -0.3 is 15.5 Å². The summed E-state index contributed by atoms with van der Waals surface area (Å²) in [5, 5.41) is 0. The number of benzene rings is 1. The first-order chi connectivity index (χ1) is 8.80. The maximum Gasteiger partial charge on any atom is 0.236 e. The van der Waals surface area contributed by atoms with Gasteiger partial charge in [-0.25, -0.2) is 0 Å². The molecule has 0 bridgehead atoms. The van der Waals surface area contributed by atoms with E-state index in [4.69, 9.17) is 5.73 Å². The fourth-order valence-corrected chi connectivity index (χ4v) is 2.84. The summed E-state index contributed by atoms with van der Waals surface area (Å²) in [5.74, 6) is 0.147. The van der Waals surface area contributed by atoms with Crippen molar-refractivity contribution >= 4 is 11.6 Å². The molecule has 19 heavy (non-hydrogen) atoms. The molecular formula is C15H23N3O. The topological polar surface area (TPSA) is 49.6 Å². The molecule has 1 atom stereocenters. The molecule has 1 aromatic rings. The first-order valence-corrected chi connectivity index (χ1v) is 6.59. The number of likely N-dealkylation sites (N-methyl/N-ethyl adjacent to an activating group) is 2. The Kier molecular flexibility index (Phi) is 3.41. The number of fused-ring (bicyclic) bond motifs is 1. The Hall–Kier alpha value is -1.39. The number of rotatable bonds is 3. The van der Waals surface area contributed by atoms with Crippen LogP contribution in [0, 0.1) is 0 Å². The van der Waals surface area contributed by atoms with Gasteiger partial charge in [-0.15, -0.1) is 0 Å². The fraction of sp³-hybridized carbons (Fsp3) is 0.533. The van der Waals surface area contributed by atoms with Crippen LogP contribution in [-0.2, 0) is 10.2 Å². The van der Waals surface area contributed by atoms with Crippen LogP contribution in [0.15, 0.2) is 18.2 Å². The lowest BCUT2D eigenvalue weighted by atomic mass is 9.84. The molecule has 0 spiro atoms. The SMILES string of the molecule is CN1C(=O)C(C)(C)c2cc(C(CN)N(C)C)ccc21. The molecule has 1 unspecified atom stereocenters. The summed E-state index contributed by atoms with van der Waals surface area (Å²) < 4.78 is 0. The largest absolute Gasteiger partial charge is 0.329 e. The second-order valence-electron chi connectivity index (χ2n) is 5.98. The van der Waals surface area contributed by atoms with Gasteiger partial charge >= 0.3 is 0 Å². The molecule has 1 amide bonds. The number of carbonyl (C=O) groups is 1. The van der Waals surface area contributed by atoms with E-state index in [2.05, 4.69) is 17.0 Å². The van der Waals surface area contributed by atoms with Crippen molar-refractivity contribution in [2.75, 3.05) is 32.6 Å². The van der Waals surface area contributed by atoms with E-state index in [0.29, 0.717) is 6.54 Å². The number of anilines is 1. The minimum atomic E-state index is -0.453. The van der Waals surface area contributed by atoms with E-state index in [1.54, 1.807) is 4.90 Å². The second-order valence-corrected chi connectivity index (χ2v) is 5.98. The van der Waals surface area contributed by atoms with E-state index in [1.165, 1.54) is 5.56 Å². The molecule has 1 aromatic carbocycles. The molecule has 1 heterocycles. The summed E-state index contributed by atoms with van der Waals surface area (Å²) in [6.07, 6.45) is 0. The van der Waals surface area contributed by atoms with Crippen molar-refractivity contribution in [3.8, 4) is 0 Å². The Bertz CT molecular complexity index is 508. The highest BCUT2D eigenvalue weighted by Gasteiger charge is 2.42. The summed E-state index contributed by atoms with van der Waals surface area (Å²) in [6.45, 7) is 4.53. The average molecular weight is 261 g/mol. The number of hydrogen-bond donors (Lipinski definition) is 1. The zero-order valence-corrected chi connectivity index (χ0v) is 12.4. The van der Waals surface area contributed by atoms with Crippen molar-refractivity contribution in [3.05, 3.63) is 29.3 Å². The van der Waals surface area contributed by atoms with E-state index in [1.807, 2.05) is 41.1 Å². The highest BCUT2D eigenvalue weighted by molar-refractivity contribution is 6.07. The van der Waals surface area contributed by atoms with Crippen molar-refractivity contribution in [1.82, 2.24) is 4.90 Å². The first-order valence-electron chi connectivity index (χ1n) is 6.59. The molecule has 0 fully saturated rings. The van der Waals surface area contributed by atoms with Gasteiger partial charge in [0.05, 0.1) is 5.41 Å². The molecule has 0 aliphatic carbocycles. The Morgan fingerprint density at radius 1 is 1.37 bits per heavy atom. The Morgan fingerprint density at radius 2 is 2.00 bits per heavy atom. The van der Waals surface area contributed by atoms with E-state index in [-0.39, 0.29) is 11.9 Å².